The SMILES string of the molecule is C1=CCC/C=C\CC1.C1CCC(P(C2CCCCC2)C2CCCCC2)CC1.FC(F)(F)c1cc([B-](c2cc(C(F)(F)F)cc(C(F)(F)F)c2)(c2cc(C(F)(F)F)cc(C(F)(F)F)c2)c2cc(C(F)(F)F)cc(C(F)(F)F)c2)cc(C(F)(F)F)c1.[Ir].c1ccncc1. The first-order valence-corrected chi connectivity index (χ1v) is 30.5. The number of hydrogen-bond donors (Lipinski definition) is 0. The Hall–Kier alpha value is -5.03. The molecule has 0 N–H and O–H groups in total. The second-order valence-electron chi connectivity index (χ2n) is 22.7. The Morgan fingerprint density at radius 1 is 0.275 bits per heavy atom. The van der Waals surface area contributed by atoms with E-state index in [-0.39, 0.29) is 20.1 Å². The zero-order valence-corrected chi connectivity index (χ0v) is 51.5. The fourth-order valence-electron chi connectivity index (χ4n) is 12.3. The molecule has 5 aromatic rings. The number of aromatic nitrogens is 1. The van der Waals surface area contributed by atoms with Crippen LogP contribution in [0.15, 0.2) is 128 Å². The molecule has 1 radical (unpaired) electrons. The van der Waals surface area contributed by atoms with Gasteiger partial charge in [0.1, 0.15) is 6.15 Å². The topological polar surface area (TPSA) is 12.9 Å². The van der Waals surface area contributed by atoms with Crippen LogP contribution >= 0.6 is 7.92 Å². The van der Waals surface area contributed by atoms with Crippen LogP contribution in [0, 0.1) is 0 Å². The molecule has 0 unspecified atom stereocenters. The standard InChI is InChI=1S/C32H12BF24.C18H33P.C8H12.C5H5N.Ir/c34-25(35,36)13-1-14(26(37,38)39)6-21(5-13)33(22-7-15(27(40,41)42)2-16(8-22)28(43,44)45,23-9-17(29(46,47)48)3-18(10-23)30(49,50)51)24-11-19(31(52,53)54)4-20(12-24)32(55,56)57;1-4-10-16(11-5-1)19(17-12-6-2-7-13-17)18-14-8-3-9-15-18;1-2-4-6-8-7-5-3-1;1-2-4-6-5-3-1;/h1-12H;16-18H,1-15H2;1-2,7-8H,3-6H2;1-5H;/q-1;;;;/b;;2-1-,8-7?;;. The molecule has 3 saturated carbocycles. The van der Waals surface area contributed by atoms with Crippen LogP contribution in [0.4, 0.5) is 105 Å². The van der Waals surface area contributed by atoms with Crippen molar-refractivity contribution in [3.8, 4) is 0 Å². The van der Waals surface area contributed by atoms with Gasteiger partial charge in [-0.15, -0.1) is 0 Å². The molecular weight excluding hydrogens is 1460 g/mol. The molecule has 0 bridgehead atoms. The Labute approximate surface area is 525 Å². The zero-order valence-electron chi connectivity index (χ0n) is 48.2. The van der Waals surface area contributed by atoms with Crippen molar-refractivity contribution in [2.24, 2.45) is 0 Å². The molecule has 0 aliphatic heterocycles. The van der Waals surface area contributed by atoms with E-state index in [4.69, 9.17) is 0 Å². The van der Waals surface area contributed by atoms with Gasteiger partial charge in [0.25, 0.3) is 0 Å². The predicted molar refractivity (Wildman–Crippen MR) is 299 cm³/mol. The Balaban J connectivity index is 0.000000352. The third-order valence-electron chi connectivity index (χ3n) is 16.3. The number of halogens is 24. The summed E-state index contributed by atoms with van der Waals surface area (Å²) in [5, 5.41) is 0. The molecule has 0 amide bonds. The molecular formula is C63H62BF24IrNP-. The summed E-state index contributed by atoms with van der Waals surface area (Å²) in [7, 11) is 0.385. The van der Waals surface area contributed by atoms with Crippen molar-refractivity contribution in [3.63, 3.8) is 0 Å². The van der Waals surface area contributed by atoms with E-state index in [1.54, 1.807) is 89.4 Å². The molecule has 1 aromatic heterocycles. The van der Waals surface area contributed by atoms with Crippen LogP contribution in [-0.4, -0.2) is 28.1 Å². The number of nitrogens with zero attached hydrogens (tertiary/aromatic N) is 1. The van der Waals surface area contributed by atoms with Gasteiger partial charge in [-0.3, -0.25) is 4.98 Å². The van der Waals surface area contributed by atoms with Gasteiger partial charge in [-0.05, 0) is 118 Å². The van der Waals surface area contributed by atoms with Crippen molar-refractivity contribution in [2.45, 2.75) is 188 Å². The van der Waals surface area contributed by atoms with E-state index in [2.05, 4.69) is 29.3 Å². The number of alkyl halides is 24. The van der Waals surface area contributed by atoms with Crippen LogP contribution in [0.1, 0.15) is 167 Å². The number of rotatable bonds is 7. The van der Waals surface area contributed by atoms with Gasteiger partial charge >= 0.3 is 49.4 Å². The van der Waals surface area contributed by atoms with Gasteiger partial charge in [-0.1, -0.05) is 145 Å². The fourth-order valence-corrected chi connectivity index (χ4v) is 16.9. The van der Waals surface area contributed by atoms with Crippen LogP contribution in [0.3, 0.4) is 0 Å². The van der Waals surface area contributed by atoms with E-state index in [9.17, 15) is 105 Å². The smallest absolute Gasteiger partial charge is 0.265 e. The molecule has 1 heterocycles. The predicted octanol–water partition coefficient (Wildman–Crippen LogP) is 21.4. The van der Waals surface area contributed by atoms with Gasteiger partial charge in [0.15, 0.2) is 0 Å². The van der Waals surface area contributed by atoms with Gasteiger partial charge in [0, 0.05) is 32.5 Å². The maximum absolute atomic E-state index is 14.2. The largest absolute Gasteiger partial charge is 0.416 e. The van der Waals surface area contributed by atoms with Crippen molar-refractivity contribution in [1.82, 2.24) is 4.98 Å². The second-order valence-corrected chi connectivity index (χ2v) is 25.8. The van der Waals surface area contributed by atoms with Gasteiger partial charge in [-0.2, -0.15) is 127 Å². The number of pyridine rings is 1. The van der Waals surface area contributed by atoms with E-state index in [1.165, 1.54) is 61.9 Å². The maximum atomic E-state index is 14.2. The summed E-state index contributed by atoms with van der Waals surface area (Å²) in [5.41, 5.74) is -26.6. The summed E-state index contributed by atoms with van der Waals surface area (Å²) >= 11 is 0. The molecule has 9 rings (SSSR count). The summed E-state index contributed by atoms with van der Waals surface area (Å²) in [6.45, 7) is 0. The Morgan fingerprint density at radius 2 is 0.462 bits per heavy atom. The molecule has 4 aromatic carbocycles. The normalized spacial score (nSPS) is 17.6. The van der Waals surface area contributed by atoms with Gasteiger partial charge in [0.05, 0.1) is 44.5 Å². The first-order valence-electron chi connectivity index (χ1n) is 29.0. The molecule has 0 saturated heterocycles. The van der Waals surface area contributed by atoms with Crippen molar-refractivity contribution < 1.29 is 125 Å². The van der Waals surface area contributed by atoms with Crippen molar-refractivity contribution in [2.75, 3.05) is 0 Å². The summed E-state index contributed by atoms with van der Waals surface area (Å²) in [6.07, 6.45) is -13.7. The average Bonchev–Trinajstić information content (AvgIpc) is 0.716. The molecule has 0 atom stereocenters. The number of hydrogen-bond acceptors (Lipinski definition) is 1. The Kier molecular flexibility index (Phi) is 26.5. The Bertz CT molecular complexity index is 2610. The fraction of sp³-hybridized carbons (Fsp3) is 0.476. The summed E-state index contributed by atoms with van der Waals surface area (Å²) in [6, 6.07) is -3.10. The summed E-state index contributed by atoms with van der Waals surface area (Å²) in [4.78, 5) is 3.78. The molecule has 1 nitrogen and oxygen atoms in total. The van der Waals surface area contributed by atoms with Gasteiger partial charge in [-0.25, -0.2) is 0 Å². The summed E-state index contributed by atoms with van der Waals surface area (Å²) in [5.74, 6) is 0. The van der Waals surface area contributed by atoms with Crippen LogP contribution < -0.4 is 21.9 Å². The zero-order chi connectivity index (χ0) is 66.7. The summed E-state index contributed by atoms with van der Waals surface area (Å²) < 4.78 is 341. The van der Waals surface area contributed by atoms with E-state index in [0.717, 1.165) is 0 Å². The van der Waals surface area contributed by atoms with Crippen molar-refractivity contribution in [1.29, 1.82) is 0 Å². The molecule has 4 aliphatic rings. The van der Waals surface area contributed by atoms with E-state index in [1.807, 2.05) is 18.2 Å². The van der Waals surface area contributed by atoms with Crippen molar-refractivity contribution in [3.05, 3.63) is 172 Å². The first-order chi connectivity index (χ1) is 41.7. The van der Waals surface area contributed by atoms with Crippen LogP contribution in [-0.2, 0) is 69.5 Å². The third-order valence-corrected chi connectivity index (χ3v) is 20.4. The first kappa shape index (κ1) is 76.7. The van der Waals surface area contributed by atoms with Crippen LogP contribution in [0.5, 0.6) is 0 Å². The minimum Gasteiger partial charge on any atom is -0.265 e. The minimum absolute atomic E-state index is 0. The molecule has 4 aliphatic carbocycles. The van der Waals surface area contributed by atoms with Crippen LogP contribution in [0.2, 0.25) is 0 Å². The Morgan fingerprint density at radius 3 is 0.604 bits per heavy atom. The average molecular weight is 1520 g/mol. The molecule has 505 valence electrons. The molecule has 3 fully saturated rings. The van der Waals surface area contributed by atoms with E-state index >= 15 is 0 Å². The molecule has 91 heavy (non-hydrogen) atoms. The van der Waals surface area contributed by atoms with Gasteiger partial charge < -0.3 is 0 Å². The van der Waals surface area contributed by atoms with Crippen LogP contribution in [0.25, 0.3) is 0 Å². The van der Waals surface area contributed by atoms with E-state index < -0.39 is 195 Å². The van der Waals surface area contributed by atoms with E-state index in [0.29, 0.717) is 7.92 Å². The van der Waals surface area contributed by atoms with Crippen molar-refractivity contribution >= 4 is 35.9 Å². The maximum Gasteiger partial charge on any atom is 0.416 e. The number of allylic oxidation sites excluding steroid dienone is 4. The third kappa shape index (κ3) is 21.5. The quantitative estimate of drug-likeness (QED) is 0.0685. The second kappa shape index (κ2) is 31.5. The number of benzene rings is 4. The monoisotopic (exact) mass is 1520 g/mol. The minimum atomic E-state index is -6.13. The molecule has 28 heteroatoms. The molecule has 0 spiro atoms. The van der Waals surface area contributed by atoms with Gasteiger partial charge in [0.2, 0.25) is 0 Å².